The van der Waals surface area contributed by atoms with Gasteiger partial charge in [-0.15, -0.1) is 0 Å². The van der Waals surface area contributed by atoms with E-state index in [2.05, 4.69) is 5.32 Å². The SMILES string of the molecule is CC(C)NC(=O)CN1CCN(C(=O)c2cccc(/C=C3\SC(=O)N(Cc4cccc(F)c4)C3=O)c2)CC1. The van der Waals surface area contributed by atoms with E-state index in [1.165, 1.54) is 18.2 Å². The summed E-state index contributed by atoms with van der Waals surface area (Å²) in [6, 6.07) is 12.8. The molecule has 2 fully saturated rings. The molecule has 0 unspecified atom stereocenters. The van der Waals surface area contributed by atoms with E-state index in [1.807, 2.05) is 18.7 Å². The summed E-state index contributed by atoms with van der Waals surface area (Å²) in [4.78, 5) is 55.5. The van der Waals surface area contributed by atoms with Crippen LogP contribution in [0.5, 0.6) is 0 Å². The lowest BCUT2D eigenvalue weighted by Crippen LogP contribution is -2.51. The highest BCUT2D eigenvalue weighted by molar-refractivity contribution is 8.18. The largest absolute Gasteiger partial charge is 0.353 e. The number of amides is 4. The van der Waals surface area contributed by atoms with Gasteiger partial charge in [0.1, 0.15) is 5.82 Å². The van der Waals surface area contributed by atoms with Crippen molar-refractivity contribution < 1.29 is 23.6 Å². The van der Waals surface area contributed by atoms with E-state index in [0.717, 1.165) is 16.7 Å². The van der Waals surface area contributed by atoms with Crippen LogP contribution in [-0.4, -0.2) is 76.4 Å². The van der Waals surface area contributed by atoms with Crippen LogP contribution in [0.3, 0.4) is 0 Å². The number of carbonyl (C=O) groups excluding carboxylic acids is 4. The molecule has 0 atom stereocenters. The fourth-order valence-corrected chi connectivity index (χ4v) is 5.07. The summed E-state index contributed by atoms with van der Waals surface area (Å²) in [7, 11) is 0. The predicted octanol–water partition coefficient (Wildman–Crippen LogP) is 3.34. The van der Waals surface area contributed by atoms with Crippen molar-refractivity contribution in [1.29, 1.82) is 0 Å². The number of imide groups is 1. The van der Waals surface area contributed by atoms with Crippen molar-refractivity contribution in [3.63, 3.8) is 0 Å². The first-order valence-corrected chi connectivity index (χ1v) is 12.9. The zero-order valence-corrected chi connectivity index (χ0v) is 21.6. The molecule has 0 saturated carbocycles. The zero-order chi connectivity index (χ0) is 26.5. The third-order valence-electron chi connectivity index (χ3n) is 6.01. The van der Waals surface area contributed by atoms with Gasteiger partial charge in [-0.1, -0.05) is 24.3 Å². The molecule has 0 aliphatic carbocycles. The molecule has 194 valence electrons. The Labute approximate surface area is 219 Å². The lowest BCUT2D eigenvalue weighted by Gasteiger charge is -2.34. The number of halogens is 1. The number of nitrogens with zero attached hydrogens (tertiary/aromatic N) is 3. The van der Waals surface area contributed by atoms with Crippen LogP contribution in [0.1, 0.15) is 35.3 Å². The molecule has 4 amide bonds. The Morgan fingerprint density at radius 3 is 2.49 bits per heavy atom. The third kappa shape index (κ3) is 6.84. The predicted molar refractivity (Wildman–Crippen MR) is 140 cm³/mol. The van der Waals surface area contributed by atoms with Crippen LogP contribution in [0.25, 0.3) is 6.08 Å². The number of hydrogen-bond donors (Lipinski definition) is 1. The van der Waals surface area contributed by atoms with Gasteiger partial charge in [0.2, 0.25) is 5.91 Å². The molecule has 0 radical (unpaired) electrons. The standard InChI is InChI=1S/C27H29FN4O4S/c1-18(2)29-24(33)17-30-9-11-31(12-10-30)25(34)21-7-3-5-19(13-21)15-23-26(35)32(27(36)37-23)16-20-6-4-8-22(28)14-20/h3-8,13-15,18H,9-12,16-17H2,1-2H3,(H,29,33)/b23-15-. The number of piperazine rings is 1. The number of thioether (sulfide) groups is 1. The molecule has 2 saturated heterocycles. The summed E-state index contributed by atoms with van der Waals surface area (Å²) in [6.07, 6.45) is 1.60. The monoisotopic (exact) mass is 524 g/mol. The van der Waals surface area contributed by atoms with Crippen LogP contribution in [0, 0.1) is 5.82 Å². The Bertz CT molecular complexity index is 1240. The van der Waals surface area contributed by atoms with Gasteiger partial charge in [0.05, 0.1) is 18.0 Å². The zero-order valence-electron chi connectivity index (χ0n) is 20.8. The lowest BCUT2D eigenvalue weighted by molar-refractivity contribution is -0.124. The van der Waals surface area contributed by atoms with Gasteiger partial charge < -0.3 is 10.2 Å². The normalized spacial score (nSPS) is 17.7. The van der Waals surface area contributed by atoms with Crippen molar-refractivity contribution in [2.75, 3.05) is 32.7 Å². The van der Waals surface area contributed by atoms with Crippen LogP contribution in [0.4, 0.5) is 9.18 Å². The molecule has 2 aliphatic rings. The maximum Gasteiger partial charge on any atom is 0.293 e. The second-order valence-electron chi connectivity index (χ2n) is 9.31. The highest BCUT2D eigenvalue weighted by atomic mass is 32.2. The number of carbonyl (C=O) groups is 4. The molecule has 8 nitrogen and oxygen atoms in total. The Kier molecular flexibility index (Phi) is 8.40. The molecule has 2 aromatic rings. The summed E-state index contributed by atoms with van der Waals surface area (Å²) >= 11 is 0.822. The Morgan fingerprint density at radius 1 is 1.05 bits per heavy atom. The molecule has 1 N–H and O–H groups in total. The molecule has 0 spiro atoms. The van der Waals surface area contributed by atoms with E-state index in [4.69, 9.17) is 0 Å². The molecule has 2 aliphatic heterocycles. The molecule has 37 heavy (non-hydrogen) atoms. The molecule has 2 heterocycles. The smallest absolute Gasteiger partial charge is 0.293 e. The van der Waals surface area contributed by atoms with Crippen molar-refractivity contribution in [2.24, 2.45) is 0 Å². The van der Waals surface area contributed by atoms with Gasteiger partial charge >= 0.3 is 0 Å². The fraction of sp³-hybridized carbons (Fsp3) is 0.333. The van der Waals surface area contributed by atoms with Gasteiger partial charge in [0.25, 0.3) is 17.1 Å². The van der Waals surface area contributed by atoms with Gasteiger partial charge in [-0.25, -0.2) is 4.39 Å². The maximum atomic E-state index is 13.5. The second kappa shape index (κ2) is 11.7. The summed E-state index contributed by atoms with van der Waals surface area (Å²) in [5.41, 5.74) is 1.64. The molecule has 10 heteroatoms. The van der Waals surface area contributed by atoms with E-state index < -0.39 is 17.0 Å². The number of benzene rings is 2. The van der Waals surface area contributed by atoms with E-state index in [9.17, 15) is 23.6 Å². The summed E-state index contributed by atoms with van der Waals surface area (Å²) in [5, 5.41) is 2.45. The summed E-state index contributed by atoms with van der Waals surface area (Å²) < 4.78 is 13.5. The lowest BCUT2D eigenvalue weighted by atomic mass is 10.1. The first-order chi connectivity index (χ1) is 17.7. The van der Waals surface area contributed by atoms with E-state index in [0.29, 0.717) is 49.4 Å². The van der Waals surface area contributed by atoms with Crippen LogP contribution in [0.2, 0.25) is 0 Å². The third-order valence-corrected chi connectivity index (χ3v) is 6.92. The highest BCUT2D eigenvalue weighted by Gasteiger charge is 2.35. The summed E-state index contributed by atoms with van der Waals surface area (Å²) in [5.74, 6) is -1.03. The minimum absolute atomic E-state index is 0.0105. The van der Waals surface area contributed by atoms with E-state index >= 15 is 0 Å². The van der Waals surface area contributed by atoms with Crippen molar-refractivity contribution in [1.82, 2.24) is 20.0 Å². The van der Waals surface area contributed by atoms with Crippen LogP contribution in [-0.2, 0) is 16.1 Å². The fourth-order valence-electron chi connectivity index (χ4n) is 4.23. The van der Waals surface area contributed by atoms with Crippen molar-refractivity contribution >= 4 is 40.8 Å². The number of nitrogens with one attached hydrogen (secondary N) is 1. The Hall–Kier alpha value is -3.50. The maximum absolute atomic E-state index is 13.5. The molecule has 0 aromatic heterocycles. The molecular formula is C27H29FN4O4S. The number of rotatable bonds is 7. The molecule has 0 bridgehead atoms. The minimum Gasteiger partial charge on any atom is -0.353 e. The first-order valence-electron chi connectivity index (χ1n) is 12.1. The average molecular weight is 525 g/mol. The Morgan fingerprint density at radius 2 is 1.78 bits per heavy atom. The van der Waals surface area contributed by atoms with Crippen molar-refractivity contribution in [3.8, 4) is 0 Å². The molecule has 4 rings (SSSR count). The van der Waals surface area contributed by atoms with Gasteiger partial charge in [0.15, 0.2) is 0 Å². The van der Waals surface area contributed by atoms with E-state index in [-0.39, 0.29) is 29.3 Å². The number of hydrogen-bond acceptors (Lipinski definition) is 6. The minimum atomic E-state index is -0.450. The Balaban J connectivity index is 1.38. The van der Waals surface area contributed by atoms with Crippen molar-refractivity contribution in [2.45, 2.75) is 26.4 Å². The van der Waals surface area contributed by atoms with Crippen LogP contribution in [0.15, 0.2) is 53.4 Å². The second-order valence-corrected chi connectivity index (χ2v) is 10.3. The van der Waals surface area contributed by atoms with E-state index in [1.54, 1.807) is 41.3 Å². The quantitative estimate of drug-likeness (QED) is 0.559. The van der Waals surface area contributed by atoms with Crippen LogP contribution >= 0.6 is 11.8 Å². The van der Waals surface area contributed by atoms with Crippen molar-refractivity contribution in [3.05, 3.63) is 75.9 Å². The van der Waals surface area contributed by atoms with Crippen LogP contribution < -0.4 is 5.32 Å². The highest BCUT2D eigenvalue weighted by Crippen LogP contribution is 2.33. The van der Waals surface area contributed by atoms with Gasteiger partial charge in [-0.05, 0) is 67.1 Å². The topological polar surface area (TPSA) is 90.0 Å². The average Bonchev–Trinajstić information content (AvgIpc) is 3.11. The van der Waals surface area contributed by atoms with Gasteiger partial charge in [-0.3, -0.25) is 29.0 Å². The first kappa shape index (κ1) is 26.6. The summed E-state index contributed by atoms with van der Waals surface area (Å²) in [6.45, 7) is 6.37. The molecule has 2 aromatic carbocycles. The van der Waals surface area contributed by atoms with Gasteiger partial charge in [0, 0.05) is 37.8 Å². The molecular weight excluding hydrogens is 495 g/mol. The van der Waals surface area contributed by atoms with Gasteiger partial charge in [-0.2, -0.15) is 0 Å².